The van der Waals surface area contributed by atoms with Crippen LogP contribution in [0.5, 0.6) is 0 Å². The Balaban J connectivity index is 0.00000140. The van der Waals surface area contributed by atoms with Gasteiger partial charge in [0.25, 0.3) is 0 Å². The number of piperidine rings is 1. The van der Waals surface area contributed by atoms with E-state index in [-0.39, 0.29) is 36.0 Å². The first-order valence-electron chi connectivity index (χ1n) is 9.75. The predicted molar refractivity (Wildman–Crippen MR) is 121 cm³/mol. The van der Waals surface area contributed by atoms with Gasteiger partial charge in [0.05, 0.1) is 5.60 Å². The van der Waals surface area contributed by atoms with Crippen LogP contribution in [0.25, 0.3) is 0 Å². The SMILES string of the molecule is CN(C)CCC1(c2ccccc2)OC2(CCN(C)CC2)c2ccccc21.Cl.Cl. The summed E-state index contributed by atoms with van der Waals surface area (Å²) < 4.78 is 7.18. The van der Waals surface area contributed by atoms with Crippen LogP contribution >= 0.6 is 24.8 Å². The molecule has 0 radical (unpaired) electrons. The Labute approximate surface area is 181 Å². The highest BCUT2D eigenvalue weighted by Crippen LogP contribution is 2.55. The Bertz CT molecular complexity index is 760. The molecular formula is C23H32Cl2N2O. The molecule has 0 aromatic heterocycles. The maximum atomic E-state index is 7.18. The number of nitrogens with zero attached hydrogens (tertiary/aromatic N) is 2. The molecule has 3 nitrogen and oxygen atoms in total. The Kier molecular flexibility index (Phi) is 7.57. The van der Waals surface area contributed by atoms with Gasteiger partial charge in [-0.05, 0) is 57.1 Å². The highest BCUT2D eigenvalue weighted by atomic mass is 35.5. The van der Waals surface area contributed by atoms with Crippen LogP contribution in [0.2, 0.25) is 0 Å². The molecule has 154 valence electrons. The maximum Gasteiger partial charge on any atom is 0.121 e. The summed E-state index contributed by atoms with van der Waals surface area (Å²) in [5.41, 5.74) is 3.57. The molecule has 2 aromatic rings. The second-order valence-electron chi connectivity index (χ2n) is 8.19. The van der Waals surface area contributed by atoms with Crippen molar-refractivity contribution in [2.24, 2.45) is 0 Å². The molecule has 28 heavy (non-hydrogen) atoms. The van der Waals surface area contributed by atoms with Crippen LogP contribution in [-0.2, 0) is 15.9 Å². The summed E-state index contributed by atoms with van der Waals surface area (Å²) in [6, 6.07) is 19.8. The van der Waals surface area contributed by atoms with Gasteiger partial charge in [0.15, 0.2) is 0 Å². The Hall–Kier alpha value is -1.10. The van der Waals surface area contributed by atoms with Crippen LogP contribution in [0.15, 0.2) is 54.6 Å². The van der Waals surface area contributed by atoms with E-state index >= 15 is 0 Å². The number of hydrogen-bond donors (Lipinski definition) is 0. The van der Waals surface area contributed by atoms with Crippen LogP contribution in [-0.4, -0.2) is 50.6 Å². The fraction of sp³-hybridized carbons (Fsp3) is 0.478. The summed E-state index contributed by atoms with van der Waals surface area (Å²) in [4.78, 5) is 4.68. The highest BCUT2D eigenvalue weighted by Gasteiger charge is 2.54. The molecule has 1 spiro atoms. The summed E-state index contributed by atoms with van der Waals surface area (Å²) >= 11 is 0. The minimum absolute atomic E-state index is 0. The van der Waals surface area contributed by atoms with E-state index in [4.69, 9.17) is 4.74 Å². The first-order chi connectivity index (χ1) is 12.6. The lowest BCUT2D eigenvalue weighted by atomic mass is 9.79. The van der Waals surface area contributed by atoms with Gasteiger partial charge in [0.1, 0.15) is 5.60 Å². The fourth-order valence-electron chi connectivity index (χ4n) is 4.66. The van der Waals surface area contributed by atoms with Crippen molar-refractivity contribution in [1.29, 1.82) is 0 Å². The summed E-state index contributed by atoms with van der Waals surface area (Å²) in [5.74, 6) is 0. The van der Waals surface area contributed by atoms with E-state index in [9.17, 15) is 0 Å². The summed E-state index contributed by atoms with van der Waals surface area (Å²) in [5, 5.41) is 0. The highest BCUT2D eigenvalue weighted by molar-refractivity contribution is 5.85. The third-order valence-electron chi connectivity index (χ3n) is 6.17. The molecule has 1 saturated heterocycles. The molecule has 2 aromatic carbocycles. The average Bonchev–Trinajstić information content (AvgIpc) is 2.95. The quantitative estimate of drug-likeness (QED) is 0.711. The number of hydrogen-bond acceptors (Lipinski definition) is 3. The van der Waals surface area contributed by atoms with Crippen molar-refractivity contribution < 1.29 is 4.74 Å². The van der Waals surface area contributed by atoms with Crippen LogP contribution < -0.4 is 0 Å². The van der Waals surface area contributed by atoms with Crippen LogP contribution in [0, 0.1) is 0 Å². The Morgan fingerprint density at radius 2 is 1.46 bits per heavy atom. The summed E-state index contributed by atoms with van der Waals surface area (Å²) in [6.07, 6.45) is 3.10. The molecule has 2 aliphatic heterocycles. The molecule has 0 saturated carbocycles. The summed E-state index contributed by atoms with van der Waals surface area (Å²) in [6.45, 7) is 3.18. The van der Waals surface area contributed by atoms with E-state index in [0.29, 0.717) is 0 Å². The minimum atomic E-state index is -0.349. The lowest BCUT2D eigenvalue weighted by molar-refractivity contribution is -0.150. The standard InChI is InChI=1S/C23H30N2O.2ClH/c1-24(2)16-15-23(19-9-5-4-6-10-19)21-12-8-7-11-20(21)22(26-23)13-17-25(3)18-14-22;;/h4-12H,13-18H2,1-3H3;2*1H. The zero-order chi connectivity index (χ0) is 18.2. The van der Waals surface area contributed by atoms with Gasteiger partial charge in [-0.25, -0.2) is 0 Å². The van der Waals surface area contributed by atoms with Gasteiger partial charge in [0, 0.05) is 19.6 Å². The first-order valence-corrected chi connectivity index (χ1v) is 9.75. The number of rotatable bonds is 4. The second-order valence-corrected chi connectivity index (χ2v) is 8.19. The molecule has 2 aliphatic rings. The number of likely N-dealkylation sites (tertiary alicyclic amines) is 1. The van der Waals surface area contributed by atoms with E-state index in [1.54, 1.807) is 0 Å². The first kappa shape index (κ1) is 23.2. The van der Waals surface area contributed by atoms with Crippen molar-refractivity contribution in [2.45, 2.75) is 30.5 Å². The molecule has 0 amide bonds. The van der Waals surface area contributed by atoms with Crippen molar-refractivity contribution >= 4 is 24.8 Å². The van der Waals surface area contributed by atoms with Crippen molar-refractivity contribution in [1.82, 2.24) is 9.80 Å². The zero-order valence-corrected chi connectivity index (χ0v) is 18.7. The Morgan fingerprint density at radius 1 is 0.893 bits per heavy atom. The largest absolute Gasteiger partial charge is 0.354 e. The normalized spacial score (nSPS) is 23.1. The lowest BCUT2D eigenvalue weighted by Crippen LogP contribution is -2.43. The van der Waals surface area contributed by atoms with Crippen LogP contribution in [0.1, 0.15) is 36.0 Å². The average molecular weight is 423 g/mol. The molecule has 0 N–H and O–H groups in total. The lowest BCUT2D eigenvalue weighted by Gasteiger charge is -2.41. The topological polar surface area (TPSA) is 15.7 Å². The predicted octanol–water partition coefficient (Wildman–Crippen LogP) is 4.68. The number of benzene rings is 2. The van der Waals surface area contributed by atoms with E-state index in [0.717, 1.165) is 38.9 Å². The van der Waals surface area contributed by atoms with Gasteiger partial charge in [-0.15, -0.1) is 24.8 Å². The third-order valence-corrected chi connectivity index (χ3v) is 6.17. The van der Waals surface area contributed by atoms with E-state index < -0.39 is 0 Å². The number of ether oxygens (including phenoxy) is 1. The van der Waals surface area contributed by atoms with Gasteiger partial charge in [-0.1, -0.05) is 54.6 Å². The molecule has 1 unspecified atom stereocenters. The third kappa shape index (κ3) is 3.96. The second kappa shape index (κ2) is 9.15. The van der Waals surface area contributed by atoms with Gasteiger partial charge in [-0.2, -0.15) is 0 Å². The number of halogens is 2. The molecule has 5 heteroatoms. The monoisotopic (exact) mass is 422 g/mol. The smallest absolute Gasteiger partial charge is 0.121 e. The molecule has 4 rings (SSSR count). The number of fused-ring (bicyclic) bond motifs is 2. The zero-order valence-electron chi connectivity index (χ0n) is 17.1. The Morgan fingerprint density at radius 3 is 2.07 bits per heavy atom. The molecule has 1 atom stereocenters. The van der Waals surface area contributed by atoms with Crippen molar-refractivity contribution in [2.75, 3.05) is 40.8 Å². The van der Waals surface area contributed by atoms with Crippen molar-refractivity contribution in [3.8, 4) is 0 Å². The fourth-order valence-corrected chi connectivity index (χ4v) is 4.66. The van der Waals surface area contributed by atoms with Crippen molar-refractivity contribution in [3.05, 3.63) is 71.3 Å². The van der Waals surface area contributed by atoms with Gasteiger partial charge in [-0.3, -0.25) is 0 Å². The van der Waals surface area contributed by atoms with Crippen LogP contribution in [0.3, 0.4) is 0 Å². The van der Waals surface area contributed by atoms with E-state index in [2.05, 4.69) is 85.5 Å². The van der Waals surface area contributed by atoms with Crippen molar-refractivity contribution in [3.63, 3.8) is 0 Å². The van der Waals surface area contributed by atoms with Gasteiger partial charge < -0.3 is 14.5 Å². The minimum Gasteiger partial charge on any atom is -0.354 e. The summed E-state index contributed by atoms with van der Waals surface area (Å²) in [7, 11) is 6.50. The van der Waals surface area contributed by atoms with E-state index in [1.165, 1.54) is 16.7 Å². The molecule has 2 heterocycles. The molecule has 0 aliphatic carbocycles. The molecule has 1 fully saturated rings. The molecular weight excluding hydrogens is 391 g/mol. The van der Waals surface area contributed by atoms with Crippen LogP contribution in [0.4, 0.5) is 0 Å². The van der Waals surface area contributed by atoms with Gasteiger partial charge in [0.2, 0.25) is 0 Å². The molecule has 0 bridgehead atoms. The van der Waals surface area contributed by atoms with Gasteiger partial charge >= 0.3 is 0 Å². The van der Waals surface area contributed by atoms with E-state index in [1.807, 2.05) is 0 Å². The maximum absolute atomic E-state index is 7.18.